The van der Waals surface area contributed by atoms with Gasteiger partial charge in [-0.1, -0.05) is 60.7 Å². The number of pyridine rings is 2. The van der Waals surface area contributed by atoms with Crippen LogP contribution in [0.15, 0.2) is 133 Å². The Kier molecular flexibility index (Phi) is 14.5. The molecule has 11 heteroatoms. The molecular weight excluding hydrogens is 822 g/mol. The van der Waals surface area contributed by atoms with Crippen molar-refractivity contribution in [3.63, 3.8) is 0 Å². The van der Waals surface area contributed by atoms with Crippen molar-refractivity contribution < 1.29 is 23.1 Å². The van der Waals surface area contributed by atoms with Gasteiger partial charge in [-0.25, -0.2) is 13.2 Å². The van der Waals surface area contributed by atoms with Gasteiger partial charge < -0.3 is 14.9 Å². The summed E-state index contributed by atoms with van der Waals surface area (Å²) in [7, 11) is 0. The van der Waals surface area contributed by atoms with Crippen molar-refractivity contribution in [1.29, 1.82) is 0 Å². The van der Waals surface area contributed by atoms with E-state index in [0.29, 0.717) is 29.5 Å². The quantitative estimate of drug-likeness (QED) is 0.115. The number of aryl methyl sites for hydroxylation is 2. The molecule has 8 nitrogen and oxygen atoms in total. The van der Waals surface area contributed by atoms with Crippen molar-refractivity contribution in [3.05, 3.63) is 179 Å². The molecule has 0 spiro atoms. The van der Waals surface area contributed by atoms with E-state index in [9.17, 15) is 23.1 Å². The first-order valence-electron chi connectivity index (χ1n) is 22.7. The van der Waals surface area contributed by atoms with Crippen LogP contribution in [0.5, 0.6) is 0 Å². The molecule has 0 atom stereocenters. The molecule has 0 radical (unpaired) electrons. The molecule has 0 amide bonds. The second-order valence-corrected chi connectivity index (χ2v) is 17.3. The number of carbonyl (C=O) groups excluding carboxylic acids is 1. The number of Topliss-reactive ketones (excluding diaryl/α,β-unsaturated/α-hetero) is 1. The molecule has 9 rings (SSSR count). The van der Waals surface area contributed by atoms with Gasteiger partial charge in [0.2, 0.25) is 0 Å². The number of carbonyl (C=O) groups is 1. The Balaban J connectivity index is 0.000000181. The lowest BCUT2D eigenvalue weighted by Gasteiger charge is -2.37. The summed E-state index contributed by atoms with van der Waals surface area (Å²) >= 11 is 0. The number of rotatable bonds is 13. The predicted molar refractivity (Wildman–Crippen MR) is 255 cm³/mol. The molecule has 0 unspecified atom stereocenters. The van der Waals surface area contributed by atoms with E-state index in [4.69, 9.17) is 9.97 Å². The number of aromatic nitrogens is 2. The number of benzene rings is 5. The summed E-state index contributed by atoms with van der Waals surface area (Å²) in [6.07, 6.45) is 2.53. The Labute approximate surface area is 380 Å². The van der Waals surface area contributed by atoms with Gasteiger partial charge in [0.25, 0.3) is 0 Å². The van der Waals surface area contributed by atoms with Crippen LogP contribution in [0.1, 0.15) is 58.6 Å². The molecular formula is C54H57F3N6O2. The number of aliphatic hydroxyl groups is 1. The molecule has 2 saturated heterocycles. The Bertz CT molecular complexity index is 2640. The van der Waals surface area contributed by atoms with Crippen LogP contribution in [-0.2, 0) is 5.60 Å². The van der Waals surface area contributed by atoms with Gasteiger partial charge in [-0.2, -0.15) is 0 Å². The first-order valence-corrected chi connectivity index (χ1v) is 22.7. The summed E-state index contributed by atoms with van der Waals surface area (Å²) in [5.74, 6) is -0.930. The van der Waals surface area contributed by atoms with E-state index < -0.39 is 5.60 Å². The highest BCUT2D eigenvalue weighted by Crippen LogP contribution is 2.35. The van der Waals surface area contributed by atoms with Gasteiger partial charge in [0.1, 0.15) is 23.1 Å². The largest absolute Gasteiger partial charge is 0.380 e. The highest BCUT2D eigenvalue weighted by Gasteiger charge is 2.32. The molecule has 4 heterocycles. The summed E-state index contributed by atoms with van der Waals surface area (Å²) in [6.45, 7) is 13.3. The third kappa shape index (κ3) is 11.2. The molecule has 7 aromatic rings. The van der Waals surface area contributed by atoms with Crippen LogP contribution in [0, 0.1) is 31.3 Å². The van der Waals surface area contributed by atoms with Crippen LogP contribution in [0.2, 0.25) is 0 Å². The maximum Gasteiger partial charge on any atom is 0.162 e. The van der Waals surface area contributed by atoms with E-state index in [1.807, 2.05) is 19.9 Å². The number of piperazine rings is 2. The minimum atomic E-state index is -1.31. The van der Waals surface area contributed by atoms with E-state index in [2.05, 4.69) is 74.2 Å². The van der Waals surface area contributed by atoms with Gasteiger partial charge in [0.05, 0.1) is 22.4 Å². The van der Waals surface area contributed by atoms with Gasteiger partial charge >= 0.3 is 0 Å². The first kappa shape index (κ1) is 45.4. The second kappa shape index (κ2) is 20.8. The molecule has 0 bridgehead atoms. The molecule has 2 aliphatic heterocycles. The molecule has 1 N–H and O–H groups in total. The van der Waals surface area contributed by atoms with Crippen molar-refractivity contribution in [2.24, 2.45) is 0 Å². The third-order valence-corrected chi connectivity index (χ3v) is 12.8. The van der Waals surface area contributed by atoms with Gasteiger partial charge in [0, 0.05) is 86.5 Å². The van der Waals surface area contributed by atoms with E-state index >= 15 is 0 Å². The van der Waals surface area contributed by atoms with Gasteiger partial charge in [-0.15, -0.1) is 0 Å². The minimum absolute atomic E-state index is 0.0841. The number of hydrogen-bond donors (Lipinski definition) is 1. The highest BCUT2D eigenvalue weighted by atomic mass is 19.1. The Hall–Kier alpha value is -6.14. The molecule has 5 aromatic carbocycles. The number of para-hydroxylation sites is 2. The summed E-state index contributed by atoms with van der Waals surface area (Å²) in [6, 6.07) is 38.7. The summed E-state index contributed by atoms with van der Waals surface area (Å²) in [5.41, 5.74) is 7.07. The lowest BCUT2D eigenvalue weighted by atomic mass is 9.82. The van der Waals surface area contributed by atoms with Crippen LogP contribution in [0.4, 0.5) is 24.5 Å². The molecule has 0 aliphatic carbocycles. The van der Waals surface area contributed by atoms with Crippen molar-refractivity contribution in [2.45, 2.75) is 45.1 Å². The lowest BCUT2D eigenvalue weighted by molar-refractivity contribution is 0.0643. The number of halogens is 3. The molecule has 336 valence electrons. The van der Waals surface area contributed by atoms with Gasteiger partial charge in [-0.3, -0.25) is 24.6 Å². The predicted octanol–water partition coefficient (Wildman–Crippen LogP) is 10.1. The van der Waals surface area contributed by atoms with Gasteiger partial charge in [0.15, 0.2) is 5.78 Å². The van der Waals surface area contributed by atoms with Crippen molar-refractivity contribution in [3.8, 4) is 0 Å². The van der Waals surface area contributed by atoms with Crippen LogP contribution in [-0.4, -0.2) is 96.1 Å². The fourth-order valence-corrected chi connectivity index (χ4v) is 9.10. The third-order valence-electron chi connectivity index (χ3n) is 12.8. The number of ketones is 1. The SMILES string of the molecule is Cc1ccc2cccc(N3CCN(CCCC(=O)c4ccc(F)cc4)CC3)c2n1.Cc1ccc2cccc(N3CCN(CCCC(O)(c4ccc(F)cc4)c4ccc(F)cc4)CC3)c2n1. The van der Waals surface area contributed by atoms with E-state index in [1.165, 1.54) is 53.2 Å². The van der Waals surface area contributed by atoms with Crippen LogP contribution in [0.25, 0.3) is 21.8 Å². The normalized spacial score (nSPS) is 15.0. The molecule has 2 fully saturated rings. The topological polar surface area (TPSA) is 76.0 Å². The smallest absolute Gasteiger partial charge is 0.162 e. The lowest BCUT2D eigenvalue weighted by Crippen LogP contribution is -2.47. The first-order chi connectivity index (χ1) is 31.5. The van der Waals surface area contributed by atoms with E-state index in [-0.39, 0.29) is 23.2 Å². The summed E-state index contributed by atoms with van der Waals surface area (Å²) < 4.78 is 40.1. The standard InChI is InChI=1S/C30H31F2N3O.C24H26FN3O/c1-22-6-7-23-4-2-5-28(29(23)33-22)35-20-18-34(19-21-35)17-3-16-30(36,24-8-12-26(31)13-9-24)25-10-14-27(32)15-11-25;1-18-7-8-20-4-2-5-22(24(20)26-18)28-16-14-27(15-17-28)13-3-6-23(29)19-9-11-21(25)12-10-19/h2,4-15,36H,3,16-21H2,1H3;2,4-5,7-12H,3,6,13-17H2,1H3. The second-order valence-electron chi connectivity index (χ2n) is 17.3. The minimum Gasteiger partial charge on any atom is -0.380 e. The molecule has 0 saturated carbocycles. The fourth-order valence-electron chi connectivity index (χ4n) is 9.10. The molecule has 2 aromatic heterocycles. The number of hydrogen-bond acceptors (Lipinski definition) is 8. The number of fused-ring (bicyclic) bond motifs is 2. The van der Waals surface area contributed by atoms with Crippen LogP contribution in [0.3, 0.4) is 0 Å². The fraction of sp³-hybridized carbons (Fsp3) is 0.315. The van der Waals surface area contributed by atoms with Crippen LogP contribution >= 0.6 is 0 Å². The molecule has 2 aliphatic rings. The van der Waals surface area contributed by atoms with E-state index in [0.717, 1.165) is 106 Å². The zero-order chi connectivity index (χ0) is 45.3. The maximum absolute atomic E-state index is 13.5. The van der Waals surface area contributed by atoms with Crippen molar-refractivity contribution in [1.82, 2.24) is 19.8 Å². The number of anilines is 2. The number of nitrogens with zero attached hydrogens (tertiary/aromatic N) is 6. The highest BCUT2D eigenvalue weighted by molar-refractivity contribution is 5.96. The van der Waals surface area contributed by atoms with Crippen LogP contribution < -0.4 is 9.80 Å². The molecule has 65 heavy (non-hydrogen) atoms. The average molecular weight is 879 g/mol. The van der Waals surface area contributed by atoms with Crippen molar-refractivity contribution >= 4 is 39.0 Å². The van der Waals surface area contributed by atoms with Crippen molar-refractivity contribution in [2.75, 3.05) is 75.2 Å². The Morgan fingerprint density at radius 3 is 1.40 bits per heavy atom. The zero-order valence-corrected chi connectivity index (χ0v) is 37.3. The van der Waals surface area contributed by atoms with Gasteiger partial charge in [-0.05, 0) is 130 Å². The maximum atomic E-state index is 13.5. The summed E-state index contributed by atoms with van der Waals surface area (Å²) in [4.78, 5) is 31.4. The average Bonchev–Trinajstić information content (AvgIpc) is 3.32. The monoisotopic (exact) mass is 878 g/mol. The Morgan fingerprint density at radius 2 is 0.954 bits per heavy atom. The summed E-state index contributed by atoms with van der Waals surface area (Å²) in [5, 5.41) is 14.0. The Morgan fingerprint density at radius 1 is 0.538 bits per heavy atom. The van der Waals surface area contributed by atoms with E-state index in [1.54, 1.807) is 36.4 Å². The zero-order valence-electron chi connectivity index (χ0n) is 37.3.